The molecule has 2 aromatic rings. The van der Waals surface area contributed by atoms with Crippen molar-refractivity contribution in [2.45, 2.75) is 20.3 Å². The summed E-state index contributed by atoms with van der Waals surface area (Å²) < 4.78 is 15.6. The molecule has 0 fully saturated rings. The molecule has 0 aliphatic carbocycles. The molecule has 26 heavy (non-hydrogen) atoms. The predicted octanol–water partition coefficient (Wildman–Crippen LogP) is 3.59. The van der Waals surface area contributed by atoms with Gasteiger partial charge in [-0.05, 0) is 49.2 Å². The van der Waals surface area contributed by atoms with Gasteiger partial charge in [0.25, 0.3) is 5.91 Å². The first-order chi connectivity index (χ1) is 12.5. The minimum Gasteiger partial charge on any atom is -0.491 e. The van der Waals surface area contributed by atoms with Gasteiger partial charge in [-0.15, -0.1) is 0 Å². The molecule has 0 radical (unpaired) electrons. The fraction of sp³-hybridized carbons (Fsp3) is 0.300. The second kappa shape index (κ2) is 9.46. The summed E-state index contributed by atoms with van der Waals surface area (Å²) in [5.41, 5.74) is 2.07. The van der Waals surface area contributed by atoms with Crippen LogP contribution in [0.15, 0.2) is 42.5 Å². The van der Waals surface area contributed by atoms with Gasteiger partial charge in [0.05, 0.1) is 19.4 Å². The largest absolute Gasteiger partial charge is 0.491 e. The molecule has 0 atom stereocenters. The van der Waals surface area contributed by atoms with E-state index in [1.165, 1.54) is 7.11 Å². The molecule has 0 bridgehead atoms. The van der Waals surface area contributed by atoms with Crippen molar-refractivity contribution >= 4 is 17.6 Å². The number of ether oxygens (including phenoxy) is 3. The van der Waals surface area contributed by atoms with E-state index in [0.717, 1.165) is 12.0 Å². The fourth-order valence-corrected chi connectivity index (χ4v) is 2.19. The van der Waals surface area contributed by atoms with Crippen molar-refractivity contribution in [1.82, 2.24) is 0 Å². The van der Waals surface area contributed by atoms with Gasteiger partial charge in [0.2, 0.25) is 0 Å². The molecule has 0 spiro atoms. The Bertz CT molecular complexity index is 773. The maximum atomic E-state index is 12.6. The average Bonchev–Trinajstić information content (AvgIpc) is 2.66. The van der Waals surface area contributed by atoms with Gasteiger partial charge in [-0.25, -0.2) is 4.79 Å². The number of carbonyl (C=O) groups is 2. The highest BCUT2D eigenvalue weighted by Gasteiger charge is 2.12. The number of rotatable bonds is 8. The van der Waals surface area contributed by atoms with E-state index in [1.807, 2.05) is 32.0 Å². The molecule has 2 rings (SSSR count). The van der Waals surface area contributed by atoms with Gasteiger partial charge < -0.3 is 19.5 Å². The molecular weight excluding hydrogens is 334 g/mol. The van der Waals surface area contributed by atoms with Crippen LogP contribution in [-0.4, -0.2) is 32.2 Å². The van der Waals surface area contributed by atoms with Gasteiger partial charge >= 0.3 is 5.97 Å². The molecule has 1 amide bonds. The van der Waals surface area contributed by atoms with E-state index in [9.17, 15) is 9.59 Å². The van der Waals surface area contributed by atoms with Gasteiger partial charge in [0, 0.05) is 5.56 Å². The lowest BCUT2D eigenvalue weighted by Gasteiger charge is -2.13. The van der Waals surface area contributed by atoms with Crippen molar-refractivity contribution in [3.05, 3.63) is 53.6 Å². The van der Waals surface area contributed by atoms with Crippen LogP contribution in [0.25, 0.3) is 0 Å². The van der Waals surface area contributed by atoms with E-state index in [1.54, 1.807) is 24.3 Å². The van der Waals surface area contributed by atoms with E-state index in [-0.39, 0.29) is 12.5 Å². The van der Waals surface area contributed by atoms with E-state index < -0.39 is 5.97 Å². The Morgan fingerprint density at radius 1 is 1.08 bits per heavy atom. The van der Waals surface area contributed by atoms with Crippen molar-refractivity contribution in [1.29, 1.82) is 0 Å². The van der Waals surface area contributed by atoms with Crippen LogP contribution in [0.5, 0.6) is 11.5 Å². The summed E-state index contributed by atoms with van der Waals surface area (Å²) in [5.74, 6) is 0.267. The Hall–Kier alpha value is -3.02. The van der Waals surface area contributed by atoms with Crippen molar-refractivity contribution < 1.29 is 23.8 Å². The highest BCUT2D eigenvalue weighted by atomic mass is 16.6. The summed E-state index contributed by atoms with van der Waals surface area (Å²) in [6.07, 6.45) is 0.876. The first kappa shape index (κ1) is 19.3. The lowest BCUT2D eigenvalue weighted by Crippen LogP contribution is -2.15. The Balaban J connectivity index is 2.11. The smallest absolute Gasteiger partial charge is 0.343 e. The molecule has 2 aromatic carbocycles. The molecule has 0 saturated carbocycles. The van der Waals surface area contributed by atoms with Gasteiger partial charge in [-0.1, -0.05) is 19.1 Å². The number of benzene rings is 2. The zero-order chi connectivity index (χ0) is 18.9. The zero-order valence-electron chi connectivity index (χ0n) is 15.2. The van der Waals surface area contributed by atoms with E-state index in [2.05, 4.69) is 10.1 Å². The van der Waals surface area contributed by atoms with E-state index >= 15 is 0 Å². The van der Waals surface area contributed by atoms with E-state index in [0.29, 0.717) is 29.4 Å². The highest BCUT2D eigenvalue weighted by Crippen LogP contribution is 2.27. The number of nitrogens with one attached hydrogen (secondary N) is 1. The van der Waals surface area contributed by atoms with Gasteiger partial charge in [-0.2, -0.15) is 0 Å². The van der Waals surface area contributed by atoms with Gasteiger partial charge in [0.1, 0.15) is 11.5 Å². The molecule has 6 nitrogen and oxygen atoms in total. The maximum Gasteiger partial charge on any atom is 0.343 e. The number of methoxy groups -OCH3 is 1. The molecule has 6 heteroatoms. The first-order valence-corrected chi connectivity index (χ1v) is 8.38. The van der Waals surface area contributed by atoms with Crippen molar-refractivity contribution in [2.24, 2.45) is 0 Å². The quantitative estimate of drug-likeness (QED) is 0.731. The monoisotopic (exact) mass is 357 g/mol. The number of amides is 1. The molecule has 138 valence electrons. The molecule has 0 aliphatic heterocycles. The highest BCUT2D eigenvalue weighted by molar-refractivity contribution is 6.05. The zero-order valence-corrected chi connectivity index (χ0v) is 15.2. The Labute approximate surface area is 153 Å². The molecule has 0 unspecified atom stereocenters. The Morgan fingerprint density at radius 2 is 1.88 bits per heavy atom. The van der Waals surface area contributed by atoms with Crippen LogP contribution in [0.4, 0.5) is 5.69 Å². The topological polar surface area (TPSA) is 73.9 Å². The third-order valence-corrected chi connectivity index (χ3v) is 3.53. The van der Waals surface area contributed by atoms with Crippen LogP contribution in [0.3, 0.4) is 0 Å². The minimum absolute atomic E-state index is 0.214. The predicted molar refractivity (Wildman–Crippen MR) is 98.9 cm³/mol. The van der Waals surface area contributed by atoms with Gasteiger partial charge in [-0.3, -0.25) is 4.79 Å². The molecule has 0 heterocycles. The maximum absolute atomic E-state index is 12.6. The van der Waals surface area contributed by atoms with Crippen LogP contribution in [0.1, 0.15) is 29.3 Å². The Morgan fingerprint density at radius 3 is 2.62 bits per heavy atom. The number of anilines is 1. The second-order valence-corrected chi connectivity index (χ2v) is 5.69. The average molecular weight is 357 g/mol. The van der Waals surface area contributed by atoms with Crippen LogP contribution in [0.2, 0.25) is 0 Å². The minimum atomic E-state index is -0.489. The first-order valence-electron chi connectivity index (χ1n) is 8.38. The lowest BCUT2D eigenvalue weighted by atomic mass is 10.1. The normalized spacial score (nSPS) is 10.1. The number of aryl methyl sites for hydroxylation is 1. The summed E-state index contributed by atoms with van der Waals surface area (Å²) in [5, 5.41) is 2.86. The SMILES string of the molecule is CCCOc1cc(C)ccc1NC(=O)c1cccc(OCC(=O)OC)c1. The van der Waals surface area contributed by atoms with Gasteiger partial charge in [0.15, 0.2) is 6.61 Å². The van der Waals surface area contributed by atoms with Crippen molar-refractivity contribution in [3.8, 4) is 11.5 Å². The molecule has 0 saturated heterocycles. The number of hydrogen-bond acceptors (Lipinski definition) is 5. The summed E-state index contributed by atoms with van der Waals surface area (Å²) >= 11 is 0. The van der Waals surface area contributed by atoms with E-state index in [4.69, 9.17) is 9.47 Å². The lowest BCUT2D eigenvalue weighted by molar-refractivity contribution is -0.142. The summed E-state index contributed by atoms with van der Waals surface area (Å²) in [7, 11) is 1.29. The fourth-order valence-electron chi connectivity index (χ4n) is 2.19. The van der Waals surface area contributed by atoms with Crippen LogP contribution >= 0.6 is 0 Å². The second-order valence-electron chi connectivity index (χ2n) is 5.69. The van der Waals surface area contributed by atoms with Crippen LogP contribution in [-0.2, 0) is 9.53 Å². The number of hydrogen-bond donors (Lipinski definition) is 1. The molecule has 1 N–H and O–H groups in total. The van der Waals surface area contributed by atoms with Crippen molar-refractivity contribution in [3.63, 3.8) is 0 Å². The number of carbonyl (C=O) groups excluding carboxylic acids is 2. The standard InChI is InChI=1S/C20H23NO5/c1-4-10-25-18-11-14(2)8-9-17(18)21-20(23)15-6-5-7-16(12-15)26-13-19(22)24-3/h5-9,11-12H,4,10,13H2,1-3H3,(H,21,23). The van der Waals surface area contributed by atoms with Crippen LogP contribution < -0.4 is 14.8 Å². The summed E-state index contributed by atoms with van der Waals surface area (Å²) in [6.45, 7) is 4.35. The van der Waals surface area contributed by atoms with Crippen molar-refractivity contribution in [2.75, 3.05) is 25.6 Å². The molecular formula is C20H23NO5. The third kappa shape index (κ3) is 5.51. The molecule has 0 aliphatic rings. The summed E-state index contributed by atoms with van der Waals surface area (Å²) in [6, 6.07) is 12.2. The number of esters is 1. The third-order valence-electron chi connectivity index (χ3n) is 3.53. The summed E-state index contributed by atoms with van der Waals surface area (Å²) in [4.78, 5) is 23.7. The molecule has 0 aromatic heterocycles. The van der Waals surface area contributed by atoms with Crippen LogP contribution in [0, 0.1) is 6.92 Å². The Kier molecular flexibility index (Phi) is 7.02.